The van der Waals surface area contributed by atoms with Gasteiger partial charge in [-0.2, -0.15) is 0 Å². The molecule has 0 aromatic heterocycles. The number of hydrogen-bond donors (Lipinski definition) is 1. The number of methoxy groups -OCH3 is 2. The van der Waals surface area contributed by atoms with E-state index < -0.39 is 0 Å². The lowest BCUT2D eigenvalue weighted by Crippen LogP contribution is -2.33. The van der Waals surface area contributed by atoms with Gasteiger partial charge in [0.25, 0.3) is 0 Å². The molecule has 0 spiro atoms. The number of anilines is 1. The molecule has 1 aliphatic carbocycles. The number of urea groups is 1. The Labute approximate surface area is 125 Å². The molecule has 1 aromatic carbocycles. The predicted molar refractivity (Wildman–Crippen MR) is 81.0 cm³/mol. The number of nitrogens with zero attached hydrogens (tertiary/aromatic N) is 1. The Hall–Kier alpha value is -1.91. The highest BCUT2D eigenvalue weighted by atomic mass is 16.5. The number of carbonyl (C=O) groups is 1. The summed E-state index contributed by atoms with van der Waals surface area (Å²) in [6.07, 6.45) is 3.83. The lowest BCUT2D eigenvalue weighted by Gasteiger charge is -2.18. The van der Waals surface area contributed by atoms with Crippen LogP contribution in [0.1, 0.15) is 19.3 Å². The van der Waals surface area contributed by atoms with Crippen molar-refractivity contribution in [1.29, 1.82) is 0 Å². The van der Waals surface area contributed by atoms with Crippen LogP contribution in [0.15, 0.2) is 18.2 Å². The van der Waals surface area contributed by atoms with E-state index in [1.54, 1.807) is 26.4 Å². The Morgan fingerprint density at radius 1 is 1.14 bits per heavy atom. The van der Waals surface area contributed by atoms with Crippen LogP contribution in [0.2, 0.25) is 0 Å². The average Bonchev–Trinajstić information content (AvgIpc) is 3.24. The molecule has 5 heteroatoms. The van der Waals surface area contributed by atoms with Crippen LogP contribution in [-0.4, -0.2) is 38.2 Å². The van der Waals surface area contributed by atoms with E-state index in [4.69, 9.17) is 9.47 Å². The summed E-state index contributed by atoms with van der Waals surface area (Å²) in [5.74, 6) is 2.85. The molecule has 1 heterocycles. The lowest BCUT2D eigenvalue weighted by atomic mass is 10.0. The van der Waals surface area contributed by atoms with Crippen molar-refractivity contribution in [2.75, 3.05) is 32.6 Å². The normalized spacial score (nSPS) is 21.2. The van der Waals surface area contributed by atoms with E-state index in [1.807, 2.05) is 11.0 Å². The molecular formula is C16H22N2O3. The second kappa shape index (κ2) is 5.84. The van der Waals surface area contributed by atoms with Gasteiger partial charge in [0.15, 0.2) is 11.5 Å². The molecule has 1 N–H and O–H groups in total. The third kappa shape index (κ3) is 3.06. The van der Waals surface area contributed by atoms with Gasteiger partial charge in [-0.25, -0.2) is 4.79 Å². The number of benzene rings is 1. The van der Waals surface area contributed by atoms with Gasteiger partial charge in [-0.15, -0.1) is 0 Å². The van der Waals surface area contributed by atoms with Crippen molar-refractivity contribution < 1.29 is 14.3 Å². The van der Waals surface area contributed by atoms with Gasteiger partial charge in [0.2, 0.25) is 0 Å². The summed E-state index contributed by atoms with van der Waals surface area (Å²) in [5, 5.41) is 2.94. The lowest BCUT2D eigenvalue weighted by molar-refractivity contribution is 0.220. The monoisotopic (exact) mass is 290 g/mol. The van der Waals surface area contributed by atoms with Gasteiger partial charge in [0.1, 0.15) is 0 Å². The first-order valence-electron chi connectivity index (χ1n) is 7.49. The Bertz CT molecular complexity index is 528. The molecule has 1 saturated carbocycles. The maximum Gasteiger partial charge on any atom is 0.321 e. The van der Waals surface area contributed by atoms with Crippen LogP contribution in [-0.2, 0) is 0 Å². The molecule has 2 aliphatic rings. The molecule has 5 nitrogen and oxygen atoms in total. The Morgan fingerprint density at radius 2 is 1.90 bits per heavy atom. The number of amides is 2. The number of carbonyl (C=O) groups excluding carboxylic acids is 1. The van der Waals surface area contributed by atoms with Crippen LogP contribution in [0.5, 0.6) is 11.5 Å². The van der Waals surface area contributed by atoms with Gasteiger partial charge >= 0.3 is 6.03 Å². The molecule has 114 valence electrons. The standard InChI is InChI=1S/C16H22N2O3/c1-20-14-6-5-13(9-15(14)21-2)17-16(19)18-8-7-12(10-18)11-3-4-11/h5-6,9,11-12H,3-4,7-8,10H2,1-2H3,(H,17,19). The molecule has 1 aliphatic heterocycles. The Kier molecular flexibility index (Phi) is 3.90. The Morgan fingerprint density at radius 3 is 2.57 bits per heavy atom. The number of rotatable bonds is 4. The minimum absolute atomic E-state index is 0.0228. The topological polar surface area (TPSA) is 50.8 Å². The number of ether oxygens (including phenoxy) is 2. The van der Waals surface area contributed by atoms with E-state index in [-0.39, 0.29) is 6.03 Å². The van der Waals surface area contributed by atoms with Gasteiger partial charge in [-0.05, 0) is 43.2 Å². The highest BCUT2D eigenvalue weighted by Crippen LogP contribution is 2.41. The van der Waals surface area contributed by atoms with Crippen LogP contribution in [0, 0.1) is 11.8 Å². The molecule has 0 bridgehead atoms. The van der Waals surface area contributed by atoms with Crippen LogP contribution in [0.25, 0.3) is 0 Å². The van der Waals surface area contributed by atoms with Gasteiger partial charge in [-0.3, -0.25) is 0 Å². The summed E-state index contributed by atoms with van der Waals surface area (Å²) in [7, 11) is 3.18. The van der Waals surface area contributed by atoms with Crippen LogP contribution < -0.4 is 14.8 Å². The molecule has 1 atom stereocenters. The van der Waals surface area contributed by atoms with Crippen molar-refractivity contribution >= 4 is 11.7 Å². The Balaban J connectivity index is 1.62. The number of hydrogen-bond acceptors (Lipinski definition) is 3. The fourth-order valence-electron chi connectivity index (χ4n) is 3.04. The van der Waals surface area contributed by atoms with E-state index in [1.165, 1.54) is 12.8 Å². The first-order chi connectivity index (χ1) is 10.2. The van der Waals surface area contributed by atoms with Crippen molar-refractivity contribution in [3.05, 3.63) is 18.2 Å². The molecule has 0 radical (unpaired) electrons. The minimum atomic E-state index is -0.0228. The molecule has 1 aromatic rings. The SMILES string of the molecule is COc1ccc(NC(=O)N2CCC(C3CC3)C2)cc1OC. The van der Waals surface area contributed by atoms with Crippen molar-refractivity contribution in [2.45, 2.75) is 19.3 Å². The second-order valence-corrected chi connectivity index (χ2v) is 5.83. The first kappa shape index (κ1) is 14.0. The van der Waals surface area contributed by atoms with Crippen molar-refractivity contribution in [3.63, 3.8) is 0 Å². The number of nitrogens with one attached hydrogen (secondary N) is 1. The third-order valence-electron chi connectivity index (χ3n) is 4.44. The van der Waals surface area contributed by atoms with Crippen molar-refractivity contribution in [1.82, 2.24) is 4.90 Å². The summed E-state index contributed by atoms with van der Waals surface area (Å²) >= 11 is 0. The highest BCUT2D eigenvalue weighted by molar-refractivity contribution is 5.89. The van der Waals surface area contributed by atoms with E-state index >= 15 is 0 Å². The van der Waals surface area contributed by atoms with Crippen molar-refractivity contribution in [2.24, 2.45) is 11.8 Å². The fraction of sp³-hybridized carbons (Fsp3) is 0.562. The zero-order valence-corrected chi connectivity index (χ0v) is 12.6. The minimum Gasteiger partial charge on any atom is -0.493 e. The molecule has 1 unspecified atom stereocenters. The molecule has 1 saturated heterocycles. The summed E-state index contributed by atoms with van der Waals surface area (Å²) in [5.41, 5.74) is 0.729. The van der Waals surface area contributed by atoms with Crippen molar-refractivity contribution in [3.8, 4) is 11.5 Å². The van der Waals surface area contributed by atoms with Gasteiger partial charge < -0.3 is 19.7 Å². The molecular weight excluding hydrogens is 268 g/mol. The largest absolute Gasteiger partial charge is 0.493 e. The smallest absolute Gasteiger partial charge is 0.321 e. The van der Waals surface area contributed by atoms with E-state index in [0.717, 1.165) is 31.1 Å². The molecule has 3 rings (SSSR count). The zero-order chi connectivity index (χ0) is 14.8. The van der Waals surface area contributed by atoms with Crippen LogP contribution in [0.4, 0.5) is 10.5 Å². The fourth-order valence-corrected chi connectivity index (χ4v) is 3.04. The summed E-state index contributed by atoms with van der Waals surface area (Å²) in [6.45, 7) is 1.75. The van der Waals surface area contributed by atoms with Crippen LogP contribution in [0.3, 0.4) is 0 Å². The average molecular weight is 290 g/mol. The van der Waals surface area contributed by atoms with E-state index in [0.29, 0.717) is 17.4 Å². The molecule has 2 amide bonds. The quantitative estimate of drug-likeness (QED) is 0.927. The second-order valence-electron chi connectivity index (χ2n) is 5.83. The molecule has 21 heavy (non-hydrogen) atoms. The first-order valence-corrected chi connectivity index (χ1v) is 7.49. The maximum atomic E-state index is 12.3. The van der Waals surface area contributed by atoms with Gasteiger partial charge in [0, 0.05) is 24.8 Å². The summed E-state index contributed by atoms with van der Waals surface area (Å²) in [4.78, 5) is 14.2. The third-order valence-corrected chi connectivity index (χ3v) is 4.44. The number of likely N-dealkylation sites (tertiary alicyclic amines) is 1. The van der Waals surface area contributed by atoms with Crippen LogP contribution >= 0.6 is 0 Å². The van der Waals surface area contributed by atoms with Gasteiger partial charge in [0.05, 0.1) is 14.2 Å². The summed E-state index contributed by atoms with van der Waals surface area (Å²) in [6, 6.07) is 5.38. The zero-order valence-electron chi connectivity index (χ0n) is 12.6. The predicted octanol–water partition coefficient (Wildman–Crippen LogP) is 2.97. The summed E-state index contributed by atoms with van der Waals surface area (Å²) < 4.78 is 10.4. The highest BCUT2D eigenvalue weighted by Gasteiger charge is 2.37. The maximum absolute atomic E-state index is 12.3. The van der Waals surface area contributed by atoms with Gasteiger partial charge in [-0.1, -0.05) is 0 Å². The van der Waals surface area contributed by atoms with E-state index in [9.17, 15) is 4.79 Å². The molecule has 2 fully saturated rings. The van der Waals surface area contributed by atoms with E-state index in [2.05, 4.69) is 5.32 Å².